The summed E-state index contributed by atoms with van der Waals surface area (Å²) >= 11 is 0. The Morgan fingerprint density at radius 2 is 1.62 bits per heavy atom. The van der Waals surface area contributed by atoms with Crippen LogP contribution in [0.5, 0.6) is 0 Å². The molecular formula is C21H22N2O. The lowest BCUT2D eigenvalue weighted by Gasteiger charge is -2.26. The van der Waals surface area contributed by atoms with Crippen LogP contribution in [-0.4, -0.2) is 18.5 Å². The Bertz CT molecular complexity index is 824. The summed E-state index contributed by atoms with van der Waals surface area (Å²) in [5, 5.41) is 5.53. The summed E-state index contributed by atoms with van der Waals surface area (Å²) in [6.07, 6.45) is 0. The standard InChI is InChI=1S/C21H22N2O/c1-3-23(20-15-9-11-17-10-7-8-14-19(17)20)21(24)16(2)22-18-12-5-4-6-13-18/h4-16,22H,3H2,1-2H3/t16-/m1/s1. The van der Waals surface area contributed by atoms with Gasteiger partial charge in [0.1, 0.15) is 6.04 Å². The van der Waals surface area contributed by atoms with E-state index in [0.29, 0.717) is 6.54 Å². The molecule has 1 amide bonds. The smallest absolute Gasteiger partial charge is 0.249 e. The number of carbonyl (C=O) groups is 1. The molecule has 0 spiro atoms. The topological polar surface area (TPSA) is 32.3 Å². The number of benzene rings is 3. The van der Waals surface area contributed by atoms with Gasteiger partial charge in [0.2, 0.25) is 5.91 Å². The summed E-state index contributed by atoms with van der Waals surface area (Å²) in [4.78, 5) is 14.8. The quantitative estimate of drug-likeness (QED) is 0.740. The van der Waals surface area contributed by atoms with Crippen molar-refractivity contribution in [3.05, 3.63) is 72.8 Å². The normalized spacial score (nSPS) is 11.9. The van der Waals surface area contributed by atoms with E-state index < -0.39 is 0 Å². The molecule has 0 aromatic heterocycles. The van der Waals surface area contributed by atoms with Gasteiger partial charge in [-0.2, -0.15) is 0 Å². The van der Waals surface area contributed by atoms with Crippen molar-refractivity contribution >= 4 is 28.1 Å². The van der Waals surface area contributed by atoms with Gasteiger partial charge in [0.15, 0.2) is 0 Å². The summed E-state index contributed by atoms with van der Waals surface area (Å²) in [7, 11) is 0. The van der Waals surface area contributed by atoms with E-state index in [4.69, 9.17) is 0 Å². The lowest BCUT2D eigenvalue weighted by Crippen LogP contribution is -2.41. The first-order valence-electron chi connectivity index (χ1n) is 8.31. The highest BCUT2D eigenvalue weighted by molar-refractivity contribution is 6.06. The fourth-order valence-corrected chi connectivity index (χ4v) is 2.97. The Hall–Kier alpha value is -2.81. The summed E-state index contributed by atoms with van der Waals surface area (Å²) in [5.41, 5.74) is 1.91. The van der Waals surface area contributed by atoms with E-state index in [9.17, 15) is 4.79 Å². The Kier molecular flexibility index (Phi) is 4.80. The number of likely N-dealkylation sites (N-methyl/N-ethyl adjacent to an activating group) is 1. The molecule has 3 rings (SSSR count). The number of hydrogen-bond donors (Lipinski definition) is 1. The molecule has 0 aliphatic rings. The van der Waals surface area contributed by atoms with Crippen molar-refractivity contribution in [2.45, 2.75) is 19.9 Å². The number of fused-ring (bicyclic) bond motifs is 1. The summed E-state index contributed by atoms with van der Waals surface area (Å²) in [6, 6.07) is 23.8. The highest BCUT2D eigenvalue weighted by atomic mass is 16.2. The van der Waals surface area contributed by atoms with Crippen molar-refractivity contribution in [3.63, 3.8) is 0 Å². The molecule has 1 atom stereocenters. The van der Waals surface area contributed by atoms with Gasteiger partial charge in [0.25, 0.3) is 0 Å². The van der Waals surface area contributed by atoms with E-state index in [0.717, 1.165) is 22.1 Å². The Morgan fingerprint density at radius 3 is 2.38 bits per heavy atom. The van der Waals surface area contributed by atoms with Gasteiger partial charge in [-0.25, -0.2) is 0 Å². The van der Waals surface area contributed by atoms with E-state index in [1.807, 2.05) is 73.3 Å². The van der Waals surface area contributed by atoms with Crippen LogP contribution >= 0.6 is 0 Å². The second-order valence-corrected chi connectivity index (χ2v) is 5.81. The van der Waals surface area contributed by atoms with Gasteiger partial charge in [-0.3, -0.25) is 4.79 Å². The second kappa shape index (κ2) is 7.18. The minimum absolute atomic E-state index is 0.0673. The predicted molar refractivity (Wildman–Crippen MR) is 102 cm³/mol. The van der Waals surface area contributed by atoms with E-state index in [1.165, 1.54) is 0 Å². The van der Waals surface area contributed by atoms with Crippen LogP contribution in [0, 0.1) is 0 Å². The summed E-state index contributed by atoms with van der Waals surface area (Å²) in [5.74, 6) is 0.0673. The van der Waals surface area contributed by atoms with Crippen LogP contribution < -0.4 is 10.2 Å². The molecule has 0 unspecified atom stereocenters. The third-order valence-corrected chi connectivity index (χ3v) is 4.17. The highest BCUT2D eigenvalue weighted by Gasteiger charge is 2.21. The van der Waals surface area contributed by atoms with E-state index in [1.54, 1.807) is 0 Å². The maximum Gasteiger partial charge on any atom is 0.249 e. The largest absolute Gasteiger partial charge is 0.374 e. The SMILES string of the molecule is CCN(C(=O)[C@@H](C)Nc1ccccc1)c1cccc2ccccc12. The molecule has 3 nitrogen and oxygen atoms in total. The van der Waals surface area contributed by atoms with Gasteiger partial charge in [-0.05, 0) is 37.4 Å². The van der Waals surface area contributed by atoms with Gasteiger partial charge in [-0.1, -0.05) is 54.6 Å². The second-order valence-electron chi connectivity index (χ2n) is 5.81. The maximum absolute atomic E-state index is 13.0. The number of para-hydroxylation sites is 1. The third-order valence-electron chi connectivity index (χ3n) is 4.17. The fraction of sp³-hybridized carbons (Fsp3) is 0.190. The van der Waals surface area contributed by atoms with Crippen LogP contribution in [0.1, 0.15) is 13.8 Å². The highest BCUT2D eigenvalue weighted by Crippen LogP contribution is 2.27. The molecule has 0 saturated heterocycles. The Morgan fingerprint density at radius 1 is 0.958 bits per heavy atom. The zero-order chi connectivity index (χ0) is 16.9. The number of carbonyl (C=O) groups excluding carboxylic acids is 1. The van der Waals surface area contributed by atoms with Crippen molar-refractivity contribution in [3.8, 4) is 0 Å². The van der Waals surface area contributed by atoms with Crippen molar-refractivity contribution in [2.75, 3.05) is 16.8 Å². The lowest BCUT2D eigenvalue weighted by molar-refractivity contribution is -0.118. The van der Waals surface area contributed by atoms with Crippen molar-refractivity contribution in [2.24, 2.45) is 0 Å². The van der Waals surface area contributed by atoms with E-state index in [2.05, 4.69) is 23.5 Å². The number of nitrogens with one attached hydrogen (secondary N) is 1. The van der Waals surface area contributed by atoms with Gasteiger partial charge in [0, 0.05) is 17.6 Å². The first-order valence-corrected chi connectivity index (χ1v) is 8.31. The number of nitrogens with zero attached hydrogens (tertiary/aromatic N) is 1. The molecule has 3 heteroatoms. The average molecular weight is 318 g/mol. The van der Waals surface area contributed by atoms with Gasteiger partial charge >= 0.3 is 0 Å². The van der Waals surface area contributed by atoms with Crippen LogP contribution in [0.15, 0.2) is 72.8 Å². The van der Waals surface area contributed by atoms with Crippen molar-refractivity contribution < 1.29 is 4.79 Å². The molecule has 0 aliphatic heterocycles. The van der Waals surface area contributed by atoms with Gasteiger partial charge in [0.05, 0.1) is 5.69 Å². The molecule has 3 aromatic carbocycles. The Balaban J connectivity index is 1.88. The molecule has 24 heavy (non-hydrogen) atoms. The first-order chi connectivity index (χ1) is 11.7. The third kappa shape index (κ3) is 3.25. The minimum atomic E-state index is -0.300. The van der Waals surface area contributed by atoms with Crippen LogP contribution in [-0.2, 0) is 4.79 Å². The molecule has 0 heterocycles. The van der Waals surface area contributed by atoms with Crippen LogP contribution in [0.2, 0.25) is 0 Å². The van der Waals surface area contributed by atoms with E-state index >= 15 is 0 Å². The lowest BCUT2D eigenvalue weighted by atomic mass is 10.1. The zero-order valence-corrected chi connectivity index (χ0v) is 14.1. The van der Waals surface area contributed by atoms with Gasteiger partial charge in [-0.15, -0.1) is 0 Å². The zero-order valence-electron chi connectivity index (χ0n) is 14.1. The number of rotatable bonds is 5. The number of anilines is 2. The first kappa shape index (κ1) is 16.1. The average Bonchev–Trinajstić information content (AvgIpc) is 2.63. The summed E-state index contributed by atoms with van der Waals surface area (Å²) < 4.78 is 0. The van der Waals surface area contributed by atoms with Gasteiger partial charge < -0.3 is 10.2 Å². The van der Waals surface area contributed by atoms with Crippen LogP contribution in [0.25, 0.3) is 10.8 Å². The fourth-order valence-electron chi connectivity index (χ4n) is 2.97. The minimum Gasteiger partial charge on any atom is -0.374 e. The number of hydrogen-bond acceptors (Lipinski definition) is 2. The molecule has 0 fully saturated rings. The number of amides is 1. The summed E-state index contributed by atoms with van der Waals surface area (Å²) in [6.45, 7) is 4.55. The van der Waals surface area contributed by atoms with Crippen molar-refractivity contribution in [1.82, 2.24) is 0 Å². The maximum atomic E-state index is 13.0. The monoisotopic (exact) mass is 318 g/mol. The van der Waals surface area contributed by atoms with Crippen LogP contribution in [0.3, 0.4) is 0 Å². The molecule has 122 valence electrons. The van der Waals surface area contributed by atoms with Crippen molar-refractivity contribution in [1.29, 1.82) is 0 Å². The molecule has 1 N–H and O–H groups in total. The molecule has 0 bridgehead atoms. The molecule has 0 aliphatic carbocycles. The molecule has 0 saturated carbocycles. The molecule has 3 aromatic rings. The predicted octanol–water partition coefficient (Wildman–Crippen LogP) is 4.69. The van der Waals surface area contributed by atoms with E-state index in [-0.39, 0.29) is 11.9 Å². The Labute approximate surface area is 142 Å². The molecule has 0 radical (unpaired) electrons. The molecular weight excluding hydrogens is 296 g/mol. The van der Waals surface area contributed by atoms with Crippen LogP contribution in [0.4, 0.5) is 11.4 Å².